The number of hydrogen-bond acceptors (Lipinski definition) is 5. The number of carboxylic acid groups (broad SMARTS) is 1. The highest BCUT2D eigenvalue weighted by atomic mass is 32.2. The van der Waals surface area contributed by atoms with Gasteiger partial charge >= 0.3 is 5.97 Å². The first-order chi connectivity index (χ1) is 10.6. The van der Waals surface area contributed by atoms with E-state index in [-0.39, 0.29) is 11.9 Å². The highest BCUT2D eigenvalue weighted by molar-refractivity contribution is 7.92. The summed E-state index contributed by atoms with van der Waals surface area (Å²) in [7, 11) is -4.17. The number of rotatable bonds is 5. The summed E-state index contributed by atoms with van der Waals surface area (Å²) in [6.07, 6.45) is 1.61. The minimum atomic E-state index is -4.17. The Hall–Kier alpha value is -2.55. The Morgan fingerprint density at radius 3 is 2.52 bits per heavy atom. The summed E-state index contributed by atoms with van der Waals surface area (Å²) in [5.74, 6) is -2.14. The lowest BCUT2D eigenvalue weighted by molar-refractivity contribution is 0.0693. The molecule has 0 unspecified atom stereocenters. The van der Waals surface area contributed by atoms with Gasteiger partial charge in [0.25, 0.3) is 10.0 Å². The predicted octanol–water partition coefficient (Wildman–Crippen LogP) is 1.98. The molecule has 0 bridgehead atoms. The number of benzene rings is 1. The monoisotopic (exact) mass is 339 g/mol. The van der Waals surface area contributed by atoms with E-state index in [1.54, 1.807) is 17.8 Å². The van der Waals surface area contributed by atoms with Gasteiger partial charge < -0.3 is 10.2 Å². The van der Waals surface area contributed by atoms with Crippen LogP contribution in [0.25, 0.3) is 0 Å². The molecule has 3 N–H and O–H groups in total. The van der Waals surface area contributed by atoms with Crippen LogP contribution in [0.3, 0.4) is 0 Å². The molecule has 1 heterocycles. The van der Waals surface area contributed by atoms with Crippen LogP contribution in [0, 0.1) is 6.92 Å². The van der Waals surface area contributed by atoms with Crippen molar-refractivity contribution in [3.05, 3.63) is 35.5 Å². The number of carbonyl (C=O) groups is 1. The van der Waals surface area contributed by atoms with E-state index in [4.69, 9.17) is 5.11 Å². The minimum Gasteiger partial charge on any atom is -0.506 e. The molecule has 0 aliphatic rings. The summed E-state index contributed by atoms with van der Waals surface area (Å²) >= 11 is 0. The van der Waals surface area contributed by atoms with Crippen molar-refractivity contribution >= 4 is 21.8 Å². The van der Waals surface area contributed by atoms with Crippen LogP contribution in [0.4, 0.5) is 5.82 Å². The molecule has 0 saturated heterocycles. The van der Waals surface area contributed by atoms with E-state index >= 15 is 0 Å². The van der Waals surface area contributed by atoms with Crippen LogP contribution >= 0.6 is 0 Å². The van der Waals surface area contributed by atoms with Crippen molar-refractivity contribution < 1.29 is 23.4 Å². The summed E-state index contributed by atoms with van der Waals surface area (Å²) in [5.41, 5.74) is -0.0774. The van der Waals surface area contributed by atoms with Gasteiger partial charge in [0.15, 0.2) is 11.6 Å². The molecule has 2 rings (SSSR count). The molecule has 124 valence electrons. The van der Waals surface area contributed by atoms with E-state index < -0.39 is 32.2 Å². The van der Waals surface area contributed by atoms with Crippen molar-refractivity contribution in [3.63, 3.8) is 0 Å². The first-order valence-electron chi connectivity index (χ1n) is 6.76. The first-order valence-corrected chi connectivity index (χ1v) is 8.25. The Balaban J connectivity index is 2.45. The molecule has 0 saturated carbocycles. The summed E-state index contributed by atoms with van der Waals surface area (Å²) in [4.78, 5) is 10.6. The van der Waals surface area contributed by atoms with Gasteiger partial charge in [-0.1, -0.05) is 0 Å². The average Bonchev–Trinajstić information content (AvgIpc) is 2.88. The normalized spacial score (nSPS) is 11.7. The Morgan fingerprint density at radius 2 is 2.00 bits per heavy atom. The molecule has 9 heteroatoms. The number of aromatic carboxylic acids is 1. The van der Waals surface area contributed by atoms with E-state index in [1.165, 1.54) is 18.2 Å². The van der Waals surface area contributed by atoms with Crippen LogP contribution in [0.2, 0.25) is 0 Å². The van der Waals surface area contributed by atoms with Crippen molar-refractivity contribution in [2.45, 2.75) is 31.7 Å². The maximum atomic E-state index is 12.4. The number of nitrogens with one attached hydrogen (secondary N) is 1. The Bertz CT molecular complexity index is 855. The number of carboxylic acids is 1. The third kappa shape index (κ3) is 3.45. The molecule has 0 fully saturated rings. The maximum absolute atomic E-state index is 12.4. The van der Waals surface area contributed by atoms with E-state index in [2.05, 4.69) is 9.82 Å². The largest absolute Gasteiger partial charge is 0.506 e. The molecule has 0 atom stereocenters. The molecule has 2 aromatic rings. The fraction of sp³-hybridized carbons (Fsp3) is 0.286. The third-order valence-electron chi connectivity index (χ3n) is 3.12. The zero-order valence-electron chi connectivity index (χ0n) is 12.8. The maximum Gasteiger partial charge on any atom is 0.339 e. The van der Waals surface area contributed by atoms with Crippen LogP contribution < -0.4 is 4.72 Å². The Morgan fingerprint density at radius 1 is 1.35 bits per heavy atom. The van der Waals surface area contributed by atoms with E-state index in [9.17, 15) is 18.3 Å². The summed E-state index contributed by atoms with van der Waals surface area (Å²) < 4.78 is 28.6. The molecule has 0 amide bonds. The molecule has 0 radical (unpaired) electrons. The SMILES string of the molecule is Cc1cc(C(=O)O)c(O)c(S(=O)(=O)Nc2ccn(C(C)C)n2)c1. The van der Waals surface area contributed by atoms with Gasteiger partial charge in [0, 0.05) is 18.3 Å². The van der Waals surface area contributed by atoms with Crippen LogP contribution in [-0.4, -0.2) is 34.4 Å². The summed E-state index contributed by atoms with van der Waals surface area (Å²) in [6, 6.07) is 3.93. The van der Waals surface area contributed by atoms with Gasteiger partial charge in [-0.25, -0.2) is 13.2 Å². The number of sulfonamides is 1. The van der Waals surface area contributed by atoms with E-state index in [0.29, 0.717) is 5.56 Å². The van der Waals surface area contributed by atoms with Gasteiger partial charge in [-0.3, -0.25) is 9.40 Å². The molecule has 8 nitrogen and oxygen atoms in total. The third-order valence-corrected chi connectivity index (χ3v) is 4.48. The molecule has 1 aromatic heterocycles. The Kier molecular flexibility index (Phi) is 4.33. The van der Waals surface area contributed by atoms with Gasteiger partial charge in [-0.2, -0.15) is 5.10 Å². The quantitative estimate of drug-likeness (QED) is 0.766. The lowest BCUT2D eigenvalue weighted by Crippen LogP contribution is -2.15. The van der Waals surface area contributed by atoms with Gasteiger partial charge in [0.2, 0.25) is 0 Å². The second kappa shape index (κ2) is 5.92. The standard InChI is InChI=1S/C14H17N3O5S/c1-8(2)17-5-4-12(15-17)16-23(21,22)11-7-9(3)6-10(13(11)18)14(19)20/h4-8,18H,1-3H3,(H,15,16)(H,19,20). The van der Waals surface area contributed by atoms with Crippen LogP contribution in [0.15, 0.2) is 29.3 Å². The van der Waals surface area contributed by atoms with Crippen molar-refractivity contribution in [3.8, 4) is 5.75 Å². The van der Waals surface area contributed by atoms with Crippen molar-refractivity contribution in [2.24, 2.45) is 0 Å². The number of hydrogen-bond donors (Lipinski definition) is 3. The van der Waals surface area contributed by atoms with Crippen molar-refractivity contribution in [2.75, 3.05) is 4.72 Å². The molecular weight excluding hydrogens is 322 g/mol. The van der Waals surface area contributed by atoms with Gasteiger partial charge in [-0.15, -0.1) is 0 Å². The lowest BCUT2D eigenvalue weighted by atomic mass is 10.1. The van der Waals surface area contributed by atoms with Crippen molar-refractivity contribution in [1.82, 2.24) is 9.78 Å². The van der Waals surface area contributed by atoms with Crippen LogP contribution in [0.1, 0.15) is 35.8 Å². The number of nitrogens with zero attached hydrogens (tertiary/aromatic N) is 2. The van der Waals surface area contributed by atoms with E-state index in [0.717, 1.165) is 0 Å². The van der Waals surface area contributed by atoms with Crippen LogP contribution in [0.5, 0.6) is 5.75 Å². The van der Waals surface area contributed by atoms with E-state index in [1.807, 2.05) is 13.8 Å². The highest BCUT2D eigenvalue weighted by Gasteiger charge is 2.25. The number of aryl methyl sites for hydroxylation is 1. The smallest absolute Gasteiger partial charge is 0.339 e. The fourth-order valence-corrected chi connectivity index (χ4v) is 3.19. The zero-order chi connectivity index (χ0) is 17.4. The van der Waals surface area contributed by atoms with Gasteiger partial charge in [0.05, 0.1) is 0 Å². The number of phenols is 1. The molecule has 0 spiro atoms. The molecule has 1 aromatic carbocycles. The Labute approximate surface area is 133 Å². The molecule has 23 heavy (non-hydrogen) atoms. The van der Waals surface area contributed by atoms with Crippen LogP contribution in [-0.2, 0) is 10.0 Å². The minimum absolute atomic E-state index is 0.0549. The molecule has 0 aliphatic heterocycles. The molecule has 0 aliphatic carbocycles. The second-order valence-corrected chi connectivity index (χ2v) is 7.00. The highest BCUT2D eigenvalue weighted by Crippen LogP contribution is 2.30. The number of aromatic nitrogens is 2. The predicted molar refractivity (Wildman–Crippen MR) is 83.2 cm³/mol. The van der Waals surface area contributed by atoms with Crippen molar-refractivity contribution in [1.29, 1.82) is 0 Å². The second-order valence-electron chi connectivity index (χ2n) is 5.34. The fourth-order valence-electron chi connectivity index (χ4n) is 1.99. The van der Waals surface area contributed by atoms with Gasteiger partial charge in [0.1, 0.15) is 10.5 Å². The number of aromatic hydroxyl groups is 1. The molecular formula is C14H17N3O5S. The first kappa shape index (κ1) is 16.8. The topological polar surface area (TPSA) is 122 Å². The average molecular weight is 339 g/mol. The lowest BCUT2D eigenvalue weighted by Gasteiger charge is -2.11. The zero-order valence-corrected chi connectivity index (χ0v) is 13.6. The number of anilines is 1. The summed E-state index contributed by atoms with van der Waals surface area (Å²) in [5, 5.41) is 23.1. The van der Waals surface area contributed by atoms with Gasteiger partial charge in [-0.05, 0) is 38.5 Å². The summed E-state index contributed by atoms with van der Waals surface area (Å²) in [6.45, 7) is 5.31.